The van der Waals surface area contributed by atoms with Crippen LogP contribution in [0.25, 0.3) is 0 Å². The summed E-state index contributed by atoms with van der Waals surface area (Å²) in [4.78, 5) is 24.7. The van der Waals surface area contributed by atoms with Crippen LogP contribution in [0.2, 0.25) is 0 Å². The van der Waals surface area contributed by atoms with E-state index in [4.69, 9.17) is 9.47 Å². The van der Waals surface area contributed by atoms with Gasteiger partial charge in [0, 0.05) is 0 Å². The number of hydrogen-bond acceptors (Lipinski definition) is 4. The van der Waals surface area contributed by atoms with Crippen molar-refractivity contribution < 1.29 is 24.0 Å². The van der Waals surface area contributed by atoms with Crippen LogP contribution in [0.1, 0.15) is 0 Å². The predicted molar refractivity (Wildman–Crippen MR) is 84.3 cm³/mol. The van der Waals surface area contributed by atoms with E-state index in [-0.39, 0.29) is 25.0 Å². The van der Waals surface area contributed by atoms with Gasteiger partial charge in [0.15, 0.2) is 6.61 Å². The molecule has 0 aliphatic carbocycles. The van der Waals surface area contributed by atoms with E-state index >= 15 is 0 Å². The number of nitrogens with one attached hydrogen (secondary N) is 3. The maximum Gasteiger partial charge on any atom is 0.258 e. The second-order valence-electron chi connectivity index (χ2n) is 5.34. The lowest BCUT2D eigenvalue weighted by Crippen LogP contribution is -3.14. The third-order valence-electron chi connectivity index (χ3n) is 3.56. The molecule has 1 aliphatic rings. The Bertz CT molecular complexity index is 489. The molecular weight excluding hydrogens is 298 g/mol. The zero-order valence-electron chi connectivity index (χ0n) is 13.2. The van der Waals surface area contributed by atoms with Crippen LogP contribution in [0.15, 0.2) is 30.3 Å². The summed E-state index contributed by atoms with van der Waals surface area (Å²) in [7, 11) is 0. The van der Waals surface area contributed by atoms with Crippen LogP contribution in [0.3, 0.4) is 0 Å². The van der Waals surface area contributed by atoms with Crippen LogP contribution in [-0.2, 0) is 14.3 Å². The Morgan fingerprint density at radius 1 is 1.09 bits per heavy atom. The highest BCUT2D eigenvalue weighted by Gasteiger charge is 2.13. The number of amides is 2. The minimum atomic E-state index is -0.317. The van der Waals surface area contributed by atoms with Crippen LogP contribution in [0.4, 0.5) is 0 Å². The van der Waals surface area contributed by atoms with Crippen molar-refractivity contribution in [1.82, 2.24) is 10.6 Å². The standard InChI is InChI=1S/C16H23N3O4/c20-15(17-6-7-19-8-10-22-11-9-19)12-18-16(21)13-23-14-4-2-1-3-5-14/h1-5H,6-13H2,(H,17,20)(H,18,21)/p+1. The largest absolute Gasteiger partial charge is 0.484 e. The summed E-state index contributed by atoms with van der Waals surface area (Å²) in [6.45, 7) is 4.85. The van der Waals surface area contributed by atoms with Gasteiger partial charge in [-0.15, -0.1) is 0 Å². The summed E-state index contributed by atoms with van der Waals surface area (Å²) in [6.07, 6.45) is 0. The monoisotopic (exact) mass is 322 g/mol. The lowest BCUT2D eigenvalue weighted by molar-refractivity contribution is -0.906. The number of carbonyl (C=O) groups excluding carboxylic acids is 2. The molecule has 0 bridgehead atoms. The fourth-order valence-electron chi connectivity index (χ4n) is 2.25. The molecule has 23 heavy (non-hydrogen) atoms. The minimum absolute atomic E-state index is 0.0323. The van der Waals surface area contributed by atoms with E-state index in [1.54, 1.807) is 12.1 Å². The average Bonchev–Trinajstić information content (AvgIpc) is 2.60. The number of morpholine rings is 1. The number of rotatable bonds is 8. The van der Waals surface area contributed by atoms with Gasteiger partial charge in [0.25, 0.3) is 5.91 Å². The summed E-state index contributed by atoms with van der Waals surface area (Å²) < 4.78 is 10.6. The lowest BCUT2D eigenvalue weighted by atomic mass is 10.3. The maximum atomic E-state index is 11.7. The van der Waals surface area contributed by atoms with Crippen molar-refractivity contribution in [2.75, 3.05) is 52.5 Å². The van der Waals surface area contributed by atoms with Gasteiger partial charge in [-0.25, -0.2) is 0 Å². The summed E-state index contributed by atoms with van der Waals surface area (Å²) in [6, 6.07) is 9.08. The zero-order chi connectivity index (χ0) is 16.3. The van der Waals surface area contributed by atoms with E-state index in [1.165, 1.54) is 4.90 Å². The van der Waals surface area contributed by atoms with Crippen molar-refractivity contribution in [3.05, 3.63) is 30.3 Å². The molecule has 7 nitrogen and oxygen atoms in total. The molecule has 1 fully saturated rings. The normalized spacial score (nSPS) is 15.0. The first-order valence-corrected chi connectivity index (χ1v) is 7.86. The SMILES string of the molecule is O=C(CNC(=O)COc1ccccc1)NCC[NH+]1CCOCC1. The molecular formula is C16H24N3O4+. The zero-order valence-corrected chi connectivity index (χ0v) is 13.2. The molecule has 0 atom stereocenters. The van der Waals surface area contributed by atoms with Crippen molar-refractivity contribution in [1.29, 1.82) is 0 Å². The predicted octanol–water partition coefficient (Wildman–Crippen LogP) is -1.79. The first-order chi connectivity index (χ1) is 11.2. The molecule has 1 saturated heterocycles. The Balaban J connectivity index is 1.52. The van der Waals surface area contributed by atoms with E-state index in [2.05, 4.69) is 10.6 Å². The van der Waals surface area contributed by atoms with Gasteiger partial charge in [0.2, 0.25) is 5.91 Å². The number of ether oxygens (including phenoxy) is 2. The van der Waals surface area contributed by atoms with Gasteiger partial charge >= 0.3 is 0 Å². The van der Waals surface area contributed by atoms with Gasteiger partial charge in [0.05, 0.1) is 32.8 Å². The minimum Gasteiger partial charge on any atom is -0.484 e. The van der Waals surface area contributed by atoms with E-state index in [0.717, 1.165) is 32.8 Å². The average molecular weight is 322 g/mol. The third-order valence-corrected chi connectivity index (χ3v) is 3.56. The lowest BCUT2D eigenvalue weighted by Gasteiger charge is -2.23. The summed E-state index contributed by atoms with van der Waals surface area (Å²) in [5.41, 5.74) is 0. The third kappa shape index (κ3) is 7.12. The van der Waals surface area contributed by atoms with Gasteiger partial charge in [-0.1, -0.05) is 18.2 Å². The Hall–Kier alpha value is -2.12. The van der Waals surface area contributed by atoms with Gasteiger partial charge in [-0.05, 0) is 12.1 Å². The highest BCUT2D eigenvalue weighted by molar-refractivity contribution is 5.85. The van der Waals surface area contributed by atoms with Crippen LogP contribution < -0.4 is 20.3 Å². The van der Waals surface area contributed by atoms with Crippen molar-refractivity contribution >= 4 is 11.8 Å². The molecule has 1 aromatic rings. The molecule has 2 amide bonds. The van der Waals surface area contributed by atoms with E-state index < -0.39 is 0 Å². The van der Waals surface area contributed by atoms with Gasteiger partial charge in [-0.2, -0.15) is 0 Å². The molecule has 1 heterocycles. The number of carbonyl (C=O) groups is 2. The molecule has 0 unspecified atom stereocenters. The molecule has 7 heteroatoms. The number of para-hydroxylation sites is 1. The molecule has 0 radical (unpaired) electrons. The van der Waals surface area contributed by atoms with Crippen LogP contribution >= 0.6 is 0 Å². The molecule has 1 aromatic carbocycles. The topological polar surface area (TPSA) is 81.1 Å². The second-order valence-corrected chi connectivity index (χ2v) is 5.34. The summed E-state index contributed by atoms with van der Waals surface area (Å²) >= 11 is 0. The molecule has 0 aromatic heterocycles. The van der Waals surface area contributed by atoms with Gasteiger partial charge < -0.3 is 25.0 Å². The smallest absolute Gasteiger partial charge is 0.258 e. The van der Waals surface area contributed by atoms with Crippen LogP contribution in [0.5, 0.6) is 5.75 Å². The summed E-state index contributed by atoms with van der Waals surface area (Å²) in [5, 5.41) is 5.34. The van der Waals surface area contributed by atoms with E-state index in [0.29, 0.717) is 12.3 Å². The second kappa shape index (κ2) is 9.81. The molecule has 3 N–H and O–H groups in total. The highest BCUT2D eigenvalue weighted by Crippen LogP contribution is 2.07. The van der Waals surface area contributed by atoms with Crippen molar-refractivity contribution in [3.8, 4) is 5.75 Å². The summed E-state index contributed by atoms with van der Waals surface area (Å²) in [5.74, 6) is 0.120. The number of benzene rings is 1. The van der Waals surface area contributed by atoms with Crippen LogP contribution in [-0.4, -0.2) is 64.4 Å². The molecule has 0 spiro atoms. The fourth-order valence-corrected chi connectivity index (χ4v) is 2.25. The molecule has 1 aliphatic heterocycles. The van der Waals surface area contributed by atoms with E-state index in [1.807, 2.05) is 18.2 Å². The van der Waals surface area contributed by atoms with Crippen LogP contribution in [0, 0.1) is 0 Å². The Labute approximate surface area is 135 Å². The van der Waals surface area contributed by atoms with E-state index in [9.17, 15) is 9.59 Å². The molecule has 2 rings (SSSR count). The molecule has 0 saturated carbocycles. The highest BCUT2D eigenvalue weighted by atomic mass is 16.5. The maximum absolute atomic E-state index is 11.7. The quantitative estimate of drug-likeness (QED) is 0.528. The Kier molecular flexibility index (Phi) is 7.35. The van der Waals surface area contributed by atoms with Crippen molar-refractivity contribution in [2.45, 2.75) is 0 Å². The first-order valence-electron chi connectivity index (χ1n) is 7.86. The first kappa shape index (κ1) is 17.2. The molecule has 126 valence electrons. The van der Waals surface area contributed by atoms with Gasteiger partial charge in [-0.3, -0.25) is 9.59 Å². The van der Waals surface area contributed by atoms with Crippen molar-refractivity contribution in [3.63, 3.8) is 0 Å². The Morgan fingerprint density at radius 3 is 2.57 bits per heavy atom. The van der Waals surface area contributed by atoms with Gasteiger partial charge in [0.1, 0.15) is 18.8 Å². The Morgan fingerprint density at radius 2 is 1.83 bits per heavy atom. The number of quaternary nitrogens is 1. The van der Waals surface area contributed by atoms with Crippen molar-refractivity contribution in [2.24, 2.45) is 0 Å². The fraction of sp³-hybridized carbons (Fsp3) is 0.500. The number of hydrogen-bond donors (Lipinski definition) is 3.